The van der Waals surface area contributed by atoms with Crippen LogP contribution in [0, 0.1) is 0 Å². The molecule has 0 unspecified atom stereocenters. The van der Waals surface area contributed by atoms with Crippen molar-refractivity contribution in [3.8, 4) is 33.4 Å². The second-order valence-electron chi connectivity index (χ2n) is 21.0. The lowest BCUT2D eigenvalue weighted by atomic mass is 9.87. The van der Waals surface area contributed by atoms with Crippen molar-refractivity contribution < 1.29 is 23.5 Å². The van der Waals surface area contributed by atoms with Crippen molar-refractivity contribution in [1.82, 2.24) is 35.2 Å². The van der Waals surface area contributed by atoms with Gasteiger partial charge in [-0.1, -0.05) is 62.4 Å². The summed E-state index contributed by atoms with van der Waals surface area (Å²) in [6.45, 7) is 4.80. The van der Waals surface area contributed by atoms with Gasteiger partial charge in [0.25, 0.3) is 5.91 Å². The van der Waals surface area contributed by atoms with Crippen LogP contribution in [0.3, 0.4) is 0 Å². The molecule has 0 spiro atoms. The van der Waals surface area contributed by atoms with Crippen LogP contribution in [0.25, 0.3) is 114 Å². The molecule has 6 aromatic heterocycles. The first-order chi connectivity index (χ1) is 37.9. The molecule has 16 bridgehead atoms. The predicted octanol–water partition coefficient (Wildman–Crippen LogP) is 12.6. The maximum Gasteiger partial charge on any atom is 0.337 e. The van der Waals surface area contributed by atoms with E-state index < -0.39 is 5.97 Å². The number of methoxy groups -OCH3 is 1. The third kappa shape index (κ3) is 9.02. The van der Waals surface area contributed by atoms with Gasteiger partial charge < -0.3 is 30.0 Å². The summed E-state index contributed by atoms with van der Waals surface area (Å²) in [6.07, 6.45) is 13.4. The highest BCUT2D eigenvalue weighted by atomic mass is 16.5. The number of amides is 1. The number of rotatable bonds is 7. The van der Waals surface area contributed by atoms with Gasteiger partial charge in [0.15, 0.2) is 0 Å². The highest BCUT2D eigenvalue weighted by Crippen LogP contribution is 2.37. The average molecular weight is 1020 g/mol. The number of ether oxygens (including phenoxy) is 1. The van der Waals surface area contributed by atoms with E-state index in [1.807, 2.05) is 54.6 Å². The number of benzene rings is 3. The Morgan fingerprint density at radius 3 is 1.83 bits per heavy atom. The third-order valence-corrected chi connectivity index (χ3v) is 15.2. The molecule has 4 aliphatic rings. The molecule has 3 aromatic carbocycles. The maximum absolute atomic E-state index is 13.9. The van der Waals surface area contributed by atoms with Gasteiger partial charge in [0.1, 0.15) is 14.1 Å². The Hall–Kier alpha value is -9.94. The molecular formula is C66H55N9O3+2. The summed E-state index contributed by atoms with van der Waals surface area (Å²) in [4.78, 5) is 51.3. The first kappa shape index (κ1) is 47.8. The van der Waals surface area contributed by atoms with Gasteiger partial charge in [0.05, 0.1) is 35.1 Å². The fourth-order valence-corrected chi connectivity index (χ4v) is 10.9. The molecular weight excluding hydrogens is 967 g/mol. The van der Waals surface area contributed by atoms with Gasteiger partial charge in [-0.25, -0.2) is 9.78 Å². The molecule has 78 heavy (non-hydrogen) atoms. The number of hydrogen-bond acceptors (Lipinski definition) is 5. The quantitative estimate of drug-likeness (QED) is 0.0795. The topological polar surface area (TPSA) is 152 Å². The molecule has 10 heterocycles. The highest BCUT2D eigenvalue weighted by molar-refractivity contribution is 5.98. The smallest absolute Gasteiger partial charge is 0.337 e. The minimum Gasteiger partial charge on any atom is -0.465 e. The van der Waals surface area contributed by atoms with Crippen LogP contribution in [0.4, 0.5) is 0 Å². The van der Waals surface area contributed by atoms with E-state index in [0.29, 0.717) is 17.7 Å². The zero-order valence-corrected chi connectivity index (χ0v) is 43.8. The molecule has 0 atom stereocenters. The van der Waals surface area contributed by atoms with Crippen LogP contribution in [-0.2, 0) is 37.2 Å². The summed E-state index contributed by atoms with van der Waals surface area (Å²) < 4.78 is 9.41. The summed E-state index contributed by atoms with van der Waals surface area (Å²) in [7, 11) is 5.55. The maximum atomic E-state index is 13.9. The van der Waals surface area contributed by atoms with Crippen molar-refractivity contribution in [3.63, 3.8) is 0 Å². The Morgan fingerprint density at radius 2 is 1.14 bits per heavy atom. The van der Waals surface area contributed by atoms with Crippen LogP contribution in [0.5, 0.6) is 0 Å². The number of carbonyl (C=O) groups excluding carboxylic acids is 2. The molecule has 4 aliphatic heterocycles. The Balaban J connectivity index is 0.828. The number of H-pyrrole nitrogens is 4. The summed E-state index contributed by atoms with van der Waals surface area (Å²) in [6, 6.07) is 51.2. The van der Waals surface area contributed by atoms with E-state index in [1.54, 1.807) is 12.1 Å². The van der Waals surface area contributed by atoms with Crippen LogP contribution in [-0.4, -0.2) is 48.9 Å². The van der Waals surface area contributed by atoms with Gasteiger partial charge in [-0.3, -0.25) is 9.78 Å². The van der Waals surface area contributed by atoms with E-state index in [1.165, 1.54) is 7.11 Å². The molecule has 12 heteroatoms. The summed E-state index contributed by atoms with van der Waals surface area (Å²) in [5.74, 6) is -0.563. The average Bonchev–Trinajstić information content (AvgIpc) is 4.38. The van der Waals surface area contributed by atoms with Crippen LogP contribution < -0.4 is 14.5 Å². The molecule has 0 saturated heterocycles. The second-order valence-corrected chi connectivity index (χ2v) is 21.0. The largest absolute Gasteiger partial charge is 0.465 e. The molecule has 0 fully saturated rings. The lowest BCUT2D eigenvalue weighted by molar-refractivity contribution is -0.672. The number of carbonyl (C=O) groups is 2. The Bertz CT molecular complexity index is 4410. The Kier molecular flexibility index (Phi) is 11.6. The Morgan fingerprint density at radius 1 is 0.551 bits per heavy atom. The van der Waals surface area contributed by atoms with Crippen molar-refractivity contribution in [2.75, 3.05) is 7.11 Å². The van der Waals surface area contributed by atoms with E-state index in [2.05, 4.69) is 184 Å². The number of hydrogen-bond donors (Lipinski definition) is 5. The fourth-order valence-electron chi connectivity index (χ4n) is 10.9. The van der Waals surface area contributed by atoms with Crippen LogP contribution in [0.2, 0.25) is 0 Å². The molecule has 9 aromatic rings. The number of aromatic amines is 4. The van der Waals surface area contributed by atoms with Gasteiger partial charge >= 0.3 is 5.97 Å². The normalized spacial score (nSPS) is 13.2. The van der Waals surface area contributed by atoms with E-state index in [-0.39, 0.29) is 11.3 Å². The first-order valence-corrected chi connectivity index (χ1v) is 26.1. The molecule has 5 N–H and O–H groups in total. The first-order valence-electron chi connectivity index (χ1n) is 26.1. The van der Waals surface area contributed by atoms with Crippen LogP contribution in [0.1, 0.15) is 85.7 Å². The van der Waals surface area contributed by atoms with Crippen molar-refractivity contribution >= 4 is 92.5 Å². The molecule has 0 aliphatic carbocycles. The summed E-state index contributed by atoms with van der Waals surface area (Å²) >= 11 is 0. The molecule has 13 rings (SSSR count). The number of nitrogens with zero attached hydrogens (tertiary/aromatic N) is 4. The third-order valence-electron chi connectivity index (χ3n) is 15.2. The van der Waals surface area contributed by atoms with Crippen molar-refractivity contribution in [2.45, 2.75) is 32.2 Å². The number of esters is 1. The van der Waals surface area contributed by atoms with E-state index in [0.717, 1.165) is 135 Å². The fraction of sp³-hybridized carbons (Fsp3) is 0.121. The second kappa shape index (κ2) is 19.0. The molecule has 0 radical (unpaired) electrons. The van der Waals surface area contributed by atoms with Crippen molar-refractivity contribution in [2.24, 2.45) is 14.1 Å². The lowest BCUT2D eigenvalue weighted by Crippen LogP contribution is -2.32. The minimum atomic E-state index is -0.399. The van der Waals surface area contributed by atoms with Crippen LogP contribution >= 0.6 is 0 Å². The highest BCUT2D eigenvalue weighted by Gasteiger charge is 2.29. The van der Waals surface area contributed by atoms with Crippen LogP contribution in [0.15, 0.2) is 152 Å². The molecule has 1 amide bonds. The zero-order chi connectivity index (χ0) is 53.2. The SMILES string of the molecule is COC(=O)c1ccc(-c2c3nc(cc4ccc(cc5nc(cc6[nH]c2cc6-c2ccc(CNC(=O)c6ccc(-c7c8[n+](C)c(cc9ccc(cc%10[n+](C)c(cc%11ccc7[nH]%11)C=C%10)[nH]9)C=C8)cc6)cc2)CC5(C)C)[nH]4)C=C3)cc1. The molecule has 12 nitrogen and oxygen atoms in total. The monoisotopic (exact) mass is 1020 g/mol. The molecule has 0 saturated carbocycles. The predicted molar refractivity (Wildman–Crippen MR) is 311 cm³/mol. The summed E-state index contributed by atoms with van der Waals surface area (Å²) in [5, 5.41) is 3.17. The van der Waals surface area contributed by atoms with Gasteiger partial charge in [0.2, 0.25) is 22.8 Å². The van der Waals surface area contributed by atoms with E-state index in [4.69, 9.17) is 14.7 Å². The van der Waals surface area contributed by atoms with Gasteiger partial charge in [-0.05, 0) is 119 Å². The zero-order valence-electron chi connectivity index (χ0n) is 43.8. The van der Waals surface area contributed by atoms with E-state index in [9.17, 15) is 9.59 Å². The number of aromatic nitrogens is 8. The van der Waals surface area contributed by atoms with Gasteiger partial charge in [-0.15, -0.1) is 0 Å². The minimum absolute atomic E-state index is 0.164. The molecule has 380 valence electrons. The Labute approximate surface area is 449 Å². The van der Waals surface area contributed by atoms with Gasteiger partial charge in [-0.2, -0.15) is 9.13 Å². The van der Waals surface area contributed by atoms with Crippen molar-refractivity contribution in [1.29, 1.82) is 0 Å². The standard InChI is InChI=1S/C66H53N9O3/c1-66(2)37-51-34-58-55(36-59(73-58)62(41-12-16-44(17-13-41)65(77)78-5)56-27-22-46(70-56)30-45-18-21-50(68-45)35-61(66)72-51)40-8-6-39(7-9-40)38-67-64(76)43-14-10-42(11-15-43)63-57-28-23-49(71-57)33-53-25-24-52(74(53)3)31-47-19-20-48(69-47)32-54-26-29-60(63)75(54)4/h6-36H,37-38H2,1-5H3,(H3,67,68,69,70,71,72,73,76,77)/p+2. The lowest BCUT2D eigenvalue weighted by Gasteiger charge is -2.15. The number of nitrogens with one attached hydrogen (secondary N) is 5. The number of fused-ring (bicyclic) bond motifs is 16. The summed E-state index contributed by atoms with van der Waals surface area (Å²) in [5.41, 5.74) is 23.0. The van der Waals surface area contributed by atoms with E-state index >= 15 is 0 Å². The van der Waals surface area contributed by atoms with Crippen molar-refractivity contribution in [3.05, 3.63) is 214 Å². The van der Waals surface area contributed by atoms with Gasteiger partial charge in [0, 0.05) is 128 Å².